The Kier molecular flexibility index (Phi) is 5.17. The van der Waals surface area contributed by atoms with E-state index >= 15 is 0 Å². The summed E-state index contributed by atoms with van der Waals surface area (Å²) in [5.74, 6) is -0.393. The van der Waals surface area contributed by atoms with Gasteiger partial charge in [0, 0.05) is 5.75 Å². The van der Waals surface area contributed by atoms with Crippen LogP contribution in [0.2, 0.25) is 0 Å². The number of aromatic nitrogens is 2. The number of hydrogen-bond donors (Lipinski definition) is 2. The average molecular weight is 261 g/mol. The second-order valence-corrected chi connectivity index (χ2v) is 5.56. The number of rotatable bonds is 7. The van der Waals surface area contributed by atoms with Crippen LogP contribution in [0.5, 0.6) is 0 Å². The monoisotopic (exact) mass is 261 g/mol. The van der Waals surface area contributed by atoms with Gasteiger partial charge in [-0.25, -0.2) is 4.98 Å². The molecule has 1 heterocycles. The first-order chi connectivity index (χ1) is 7.58. The summed E-state index contributed by atoms with van der Waals surface area (Å²) in [6.07, 6.45) is 2.39. The van der Waals surface area contributed by atoms with E-state index < -0.39 is 11.5 Å². The van der Waals surface area contributed by atoms with Crippen molar-refractivity contribution in [1.29, 1.82) is 0 Å². The lowest BCUT2D eigenvalue weighted by Gasteiger charge is -2.25. The van der Waals surface area contributed by atoms with E-state index in [1.54, 1.807) is 6.92 Å². The Morgan fingerprint density at radius 1 is 1.75 bits per heavy atom. The van der Waals surface area contributed by atoms with E-state index in [1.165, 1.54) is 29.6 Å². The molecule has 1 atom stereocenters. The van der Waals surface area contributed by atoms with Gasteiger partial charge in [-0.2, -0.15) is 4.37 Å². The van der Waals surface area contributed by atoms with Crippen molar-refractivity contribution < 1.29 is 9.90 Å². The predicted octanol–water partition coefficient (Wildman–Crippen LogP) is 1.47. The molecule has 1 unspecified atom stereocenters. The zero-order valence-corrected chi connectivity index (χ0v) is 10.9. The van der Waals surface area contributed by atoms with Crippen molar-refractivity contribution in [2.45, 2.75) is 30.1 Å². The number of carboxylic acids is 1. The molecule has 2 N–H and O–H groups in total. The fourth-order valence-electron chi connectivity index (χ4n) is 1.02. The quantitative estimate of drug-likeness (QED) is 0.724. The molecule has 0 amide bonds. The normalized spacial score (nSPS) is 14.6. The van der Waals surface area contributed by atoms with Gasteiger partial charge in [-0.05, 0) is 31.4 Å². The molecule has 0 radical (unpaired) electrons. The van der Waals surface area contributed by atoms with Gasteiger partial charge < -0.3 is 10.4 Å². The highest BCUT2D eigenvalue weighted by atomic mass is 32.2. The fraction of sp³-hybridized carbons (Fsp3) is 0.667. The fourth-order valence-corrected chi connectivity index (χ4v) is 2.58. The summed E-state index contributed by atoms with van der Waals surface area (Å²) in [6, 6.07) is 0. The second-order valence-electron chi connectivity index (χ2n) is 3.56. The molecule has 0 fully saturated rings. The molecule has 0 spiro atoms. The first kappa shape index (κ1) is 13.4. The summed E-state index contributed by atoms with van der Waals surface area (Å²) in [6.45, 7) is 4.39. The minimum Gasteiger partial charge on any atom is -0.480 e. The molecule has 0 aliphatic heterocycles. The number of aliphatic carboxylic acids is 1. The number of hydrogen-bond acceptors (Lipinski definition) is 6. The number of nitrogens with zero attached hydrogens (tertiary/aromatic N) is 2. The lowest BCUT2D eigenvalue weighted by Crippen LogP contribution is -2.51. The number of thioether (sulfide) groups is 1. The van der Waals surface area contributed by atoms with Crippen LogP contribution in [0.4, 0.5) is 0 Å². The smallest absolute Gasteiger partial charge is 0.324 e. The largest absolute Gasteiger partial charge is 0.480 e. The van der Waals surface area contributed by atoms with Crippen molar-refractivity contribution in [3.63, 3.8) is 0 Å². The Balaban J connectivity index is 2.53. The van der Waals surface area contributed by atoms with Gasteiger partial charge in [0.25, 0.3) is 0 Å². The third-order valence-electron chi connectivity index (χ3n) is 2.06. The van der Waals surface area contributed by atoms with Gasteiger partial charge in [0.05, 0.1) is 0 Å². The molecule has 1 rings (SSSR count). The molecule has 90 valence electrons. The molecule has 0 saturated carbocycles. The van der Waals surface area contributed by atoms with E-state index in [1.807, 2.05) is 6.92 Å². The standard InChI is InChI=1S/C9H15N3O2S2/c1-3-4-11-9(2,7(13)14)5-15-8-10-6-12-16-8/h6,11H,3-5H2,1-2H3,(H,13,14). The summed E-state index contributed by atoms with van der Waals surface area (Å²) in [5, 5.41) is 12.2. The van der Waals surface area contributed by atoms with Crippen molar-refractivity contribution in [3.05, 3.63) is 6.33 Å². The maximum Gasteiger partial charge on any atom is 0.324 e. The lowest BCUT2D eigenvalue weighted by molar-refractivity contribution is -0.143. The zero-order valence-electron chi connectivity index (χ0n) is 9.27. The van der Waals surface area contributed by atoms with Crippen LogP contribution in [0.1, 0.15) is 20.3 Å². The SMILES string of the molecule is CCCNC(C)(CSc1ncns1)C(=O)O. The van der Waals surface area contributed by atoms with Crippen molar-refractivity contribution in [1.82, 2.24) is 14.7 Å². The Hall–Kier alpha value is -0.660. The number of nitrogens with one attached hydrogen (secondary N) is 1. The Bertz CT molecular complexity index is 332. The van der Waals surface area contributed by atoms with Crippen LogP contribution < -0.4 is 5.32 Å². The van der Waals surface area contributed by atoms with Gasteiger partial charge in [0.2, 0.25) is 0 Å². The molecule has 0 aliphatic carbocycles. The highest BCUT2D eigenvalue weighted by Gasteiger charge is 2.32. The van der Waals surface area contributed by atoms with Gasteiger partial charge >= 0.3 is 5.97 Å². The summed E-state index contributed by atoms with van der Waals surface area (Å²) in [4.78, 5) is 15.2. The van der Waals surface area contributed by atoms with Crippen LogP contribution in [0.25, 0.3) is 0 Å². The van der Waals surface area contributed by atoms with E-state index in [2.05, 4.69) is 14.7 Å². The van der Waals surface area contributed by atoms with Crippen molar-refractivity contribution in [3.8, 4) is 0 Å². The third kappa shape index (κ3) is 3.73. The summed E-state index contributed by atoms with van der Waals surface area (Å²) in [7, 11) is 0. The molecule has 1 aromatic rings. The minimum atomic E-state index is -0.910. The molecular formula is C9H15N3O2S2. The molecule has 7 heteroatoms. The Morgan fingerprint density at radius 2 is 2.50 bits per heavy atom. The highest BCUT2D eigenvalue weighted by molar-refractivity contribution is 8.01. The Labute approximate surface area is 103 Å². The molecule has 0 aliphatic rings. The van der Waals surface area contributed by atoms with Gasteiger partial charge in [-0.15, -0.1) is 0 Å². The first-order valence-electron chi connectivity index (χ1n) is 4.96. The molecule has 1 aromatic heterocycles. The maximum atomic E-state index is 11.2. The van der Waals surface area contributed by atoms with Crippen LogP contribution in [0, 0.1) is 0 Å². The topological polar surface area (TPSA) is 75.1 Å². The summed E-state index contributed by atoms with van der Waals surface area (Å²) in [5.41, 5.74) is -0.910. The van der Waals surface area contributed by atoms with Crippen molar-refractivity contribution >= 4 is 29.3 Å². The summed E-state index contributed by atoms with van der Waals surface area (Å²) < 4.78 is 4.67. The van der Waals surface area contributed by atoms with Gasteiger partial charge in [0.1, 0.15) is 11.9 Å². The van der Waals surface area contributed by atoms with Crippen LogP contribution in [0.3, 0.4) is 0 Å². The molecule has 16 heavy (non-hydrogen) atoms. The van der Waals surface area contributed by atoms with E-state index in [0.717, 1.165) is 10.8 Å². The average Bonchev–Trinajstić information content (AvgIpc) is 2.76. The van der Waals surface area contributed by atoms with Gasteiger partial charge in [0.15, 0.2) is 4.34 Å². The van der Waals surface area contributed by atoms with Crippen LogP contribution in [-0.2, 0) is 4.79 Å². The minimum absolute atomic E-state index is 0.442. The van der Waals surface area contributed by atoms with E-state index in [-0.39, 0.29) is 0 Å². The zero-order chi connectivity index (χ0) is 12.0. The summed E-state index contributed by atoms with van der Waals surface area (Å²) >= 11 is 2.69. The molecule has 0 saturated heterocycles. The lowest BCUT2D eigenvalue weighted by atomic mass is 10.1. The molecule has 5 nitrogen and oxygen atoms in total. The number of carbonyl (C=O) groups is 1. The Morgan fingerprint density at radius 3 is 3.00 bits per heavy atom. The first-order valence-corrected chi connectivity index (χ1v) is 6.72. The van der Waals surface area contributed by atoms with E-state index in [4.69, 9.17) is 0 Å². The van der Waals surface area contributed by atoms with Crippen LogP contribution >= 0.6 is 23.3 Å². The van der Waals surface area contributed by atoms with Crippen molar-refractivity contribution in [2.24, 2.45) is 0 Å². The van der Waals surface area contributed by atoms with E-state index in [0.29, 0.717) is 12.3 Å². The van der Waals surface area contributed by atoms with Crippen LogP contribution in [0.15, 0.2) is 10.7 Å². The van der Waals surface area contributed by atoms with Gasteiger partial charge in [-0.1, -0.05) is 18.7 Å². The van der Waals surface area contributed by atoms with Crippen LogP contribution in [-0.4, -0.2) is 38.3 Å². The predicted molar refractivity (Wildman–Crippen MR) is 65.0 cm³/mol. The van der Waals surface area contributed by atoms with E-state index in [9.17, 15) is 9.90 Å². The van der Waals surface area contributed by atoms with Gasteiger partial charge in [-0.3, -0.25) is 4.79 Å². The maximum absolute atomic E-state index is 11.2. The molecule has 0 bridgehead atoms. The third-order valence-corrected chi connectivity index (χ3v) is 4.18. The highest BCUT2D eigenvalue weighted by Crippen LogP contribution is 2.23. The van der Waals surface area contributed by atoms with Crippen molar-refractivity contribution in [2.75, 3.05) is 12.3 Å². The second kappa shape index (κ2) is 6.17. The molecular weight excluding hydrogens is 246 g/mol. The number of carboxylic acid groups (broad SMARTS) is 1. The molecule has 0 aromatic carbocycles.